The van der Waals surface area contributed by atoms with Crippen molar-refractivity contribution in [2.45, 2.75) is 26.4 Å². The monoisotopic (exact) mass is 435 g/mol. The molecule has 6 heteroatoms. The maximum absolute atomic E-state index is 5.54. The first kappa shape index (κ1) is 22.1. The third-order valence-corrected chi connectivity index (χ3v) is 3.18. The van der Waals surface area contributed by atoms with E-state index in [1.807, 2.05) is 25.1 Å². The van der Waals surface area contributed by atoms with Crippen LogP contribution >= 0.6 is 24.0 Å². The first-order chi connectivity index (χ1) is 10.8. The van der Waals surface area contributed by atoms with Crippen molar-refractivity contribution in [3.05, 3.63) is 35.9 Å². The maximum atomic E-state index is 5.54. The molecular weight excluding hydrogens is 405 g/mol. The Balaban J connectivity index is 0.00000484. The van der Waals surface area contributed by atoms with E-state index in [2.05, 4.69) is 34.7 Å². The van der Waals surface area contributed by atoms with Gasteiger partial charge in [-0.2, -0.15) is 0 Å². The van der Waals surface area contributed by atoms with Crippen LogP contribution in [-0.4, -0.2) is 45.9 Å². The van der Waals surface area contributed by atoms with Crippen LogP contribution in [0.3, 0.4) is 0 Å². The number of nitrogens with one attached hydrogen (secondary N) is 2. The van der Waals surface area contributed by atoms with E-state index in [-0.39, 0.29) is 30.1 Å². The summed E-state index contributed by atoms with van der Waals surface area (Å²) in [4.78, 5) is 4.61. The van der Waals surface area contributed by atoms with Crippen LogP contribution in [0, 0.1) is 0 Å². The van der Waals surface area contributed by atoms with Crippen LogP contribution in [0.25, 0.3) is 0 Å². The highest BCUT2D eigenvalue weighted by atomic mass is 127. The van der Waals surface area contributed by atoms with Crippen molar-refractivity contribution in [3.63, 3.8) is 0 Å². The van der Waals surface area contributed by atoms with Gasteiger partial charge in [-0.3, -0.25) is 4.99 Å². The Bertz CT molecular complexity index is 416. The van der Waals surface area contributed by atoms with Crippen LogP contribution in [0.2, 0.25) is 0 Å². The highest BCUT2D eigenvalue weighted by Crippen LogP contribution is 2.16. The predicted molar refractivity (Wildman–Crippen MR) is 107 cm³/mol. The fourth-order valence-corrected chi connectivity index (χ4v) is 2.03. The van der Waals surface area contributed by atoms with Gasteiger partial charge in [0.15, 0.2) is 5.96 Å². The lowest BCUT2D eigenvalue weighted by atomic mass is 10.1. The molecule has 0 amide bonds. The van der Waals surface area contributed by atoms with Crippen molar-refractivity contribution in [1.82, 2.24) is 10.6 Å². The Kier molecular flexibility index (Phi) is 14.2. The van der Waals surface area contributed by atoms with Crippen LogP contribution in [0.4, 0.5) is 0 Å². The van der Waals surface area contributed by atoms with Gasteiger partial charge >= 0.3 is 0 Å². The van der Waals surface area contributed by atoms with E-state index in [0.29, 0.717) is 6.54 Å². The largest absolute Gasteiger partial charge is 0.382 e. The number of nitrogens with zero attached hydrogens (tertiary/aromatic N) is 1. The van der Waals surface area contributed by atoms with E-state index in [1.54, 1.807) is 7.11 Å². The average molecular weight is 435 g/mol. The van der Waals surface area contributed by atoms with Gasteiger partial charge in [-0.1, -0.05) is 30.3 Å². The minimum Gasteiger partial charge on any atom is -0.382 e. The summed E-state index contributed by atoms with van der Waals surface area (Å²) in [6.07, 6.45) is 0.935. The molecule has 0 bridgehead atoms. The lowest BCUT2D eigenvalue weighted by molar-refractivity contribution is 0.111. The van der Waals surface area contributed by atoms with Crippen molar-refractivity contribution in [2.75, 3.05) is 40.0 Å². The van der Waals surface area contributed by atoms with Gasteiger partial charge in [0.05, 0.1) is 6.54 Å². The van der Waals surface area contributed by atoms with Crippen molar-refractivity contribution < 1.29 is 9.47 Å². The van der Waals surface area contributed by atoms with E-state index in [0.717, 1.165) is 44.2 Å². The Hall–Kier alpha value is -0.860. The second-order valence-corrected chi connectivity index (χ2v) is 4.83. The molecule has 0 radical (unpaired) electrons. The topological polar surface area (TPSA) is 54.9 Å². The average Bonchev–Trinajstić information content (AvgIpc) is 2.56. The number of benzene rings is 1. The zero-order valence-corrected chi connectivity index (χ0v) is 16.7. The van der Waals surface area contributed by atoms with Gasteiger partial charge in [-0.15, -0.1) is 24.0 Å². The molecule has 0 heterocycles. The van der Waals surface area contributed by atoms with Crippen molar-refractivity contribution >= 4 is 29.9 Å². The number of rotatable bonds is 10. The summed E-state index contributed by atoms with van der Waals surface area (Å²) in [5.41, 5.74) is 1.14. The fraction of sp³-hybridized carbons (Fsp3) is 0.588. The number of guanidine groups is 1. The Labute approximate surface area is 157 Å². The van der Waals surface area contributed by atoms with E-state index in [9.17, 15) is 0 Å². The number of aliphatic imine (C=N–C) groups is 1. The fourth-order valence-electron chi connectivity index (χ4n) is 2.03. The Morgan fingerprint density at radius 2 is 1.91 bits per heavy atom. The lowest BCUT2D eigenvalue weighted by Crippen LogP contribution is -2.38. The number of methoxy groups -OCH3 is 1. The molecule has 0 aliphatic carbocycles. The molecule has 0 fully saturated rings. The smallest absolute Gasteiger partial charge is 0.191 e. The Morgan fingerprint density at radius 1 is 1.17 bits per heavy atom. The van der Waals surface area contributed by atoms with Gasteiger partial charge in [0.1, 0.15) is 6.10 Å². The summed E-state index contributed by atoms with van der Waals surface area (Å²) >= 11 is 0. The summed E-state index contributed by atoms with van der Waals surface area (Å²) in [5, 5.41) is 6.56. The van der Waals surface area contributed by atoms with Crippen LogP contribution in [0.1, 0.15) is 31.9 Å². The summed E-state index contributed by atoms with van der Waals surface area (Å²) in [5.74, 6) is 0.817. The molecule has 132 valence electrons. The van der Waals surface area contributed by atoms with E-state index in [4.69, 9.17) is 9.47 Å². The molecule has 1 unspecified atom stereocenters. The van der Waals surface area contributed by atoms with Crippen LogP contribution < -0.4 is 10.6 Å². The summed E-state index contributed by atoms with van der Waals surface area (Å²) in [6, 6.07) is 10.2. The molecule has 2 N–H and O–H groups in total. The lowest BCUT2D eigenvalue weighted by Gasteiger charge is -2.16. The van der Waals surface area contributed by atoms with E-state index < -0.39 is 0 Å². The SMILES string of the molecule is CCNC(=NCC(OC)c1ccccc1)NCCCOCC.I. The minimum atomic E-state index is -0.0277. The number of hydrogen-bond acceptors (Lipinski definition) is 3. The number of hydrogen-bond donors (Lipinski definition) is 2. The first-order valence-electron chi connectivity index (χ1n) is 7.99. The quantitative estimate of drug-likeness (QED) is 0.257. The molecule has 0 aliphatic heterocycles. The summed E-state index contributed by atoms with van der Waals surface area (Å²) in [7, 11) is 1.72. The standard InChI is InChI=1S/C17H29N3O2.HI/c1-4-18-17(19-12-9-13-22-5-2)20-14-16(21-3)15-10-7-6-8-11-15;/h6-8,10-11,16H,4-5,9,12-14H2,1-3H3,(H2,18,19,20);1H. The Morgan fingerprint density at radius 3 is 2.52 bits per heavy atom. The molecular formula is C17H30IN3O2. The highest BCUT2D eigenvalue weighted by molar-refractivity contribution is 14.0. The minimum absolute atomic E-state index is 0. The van der Waals surface area contributed by atoms with Crippen LogP contribution in [-0.2, 0) is 9.47 Å². The molecule has 0 saturated heterocycles. The van der Waals surface area contributed by atoms with E-state index >= 15 is 0 Å². The summed E-state index contributed by atoms with van der Waals surface area (Å²) in [6.45, 7) is 7.86. The van der Waals surface area contributed by atoms with Gasteiger partial charge in [0.2, 0.25) is 0 Å². The molecule has 1 aromatic rings. The van der Waals surface area contributed by atoms with Crippen LogP contribution in [0.5, 0.6) is 0 Å². The number of halogens is 1. The molecule has 0 aromatic heterocycles. The molecule has 0 aliphatic rings. The normalized spacial score (nSPS) is 12.4. The third kappa shape index (κ3) is 9.78. The zero-order chi connectivity index (χ0) is 16.0. The summed E-state index contributed by atoms with van der Waals surface area (Å²) < 4.78 is 10.9. The maximum Gasteiger partial charge on any atom is 0.191 e. The second-order valence-electron chi connectivity index (χ2n) is 4.83. The van der Waals surface area contributed by atoms with Gasteiger partial charge in [0, 0.05) is 33.4 Å². The van der Waals surface area contributed by atoms with Crippen molar-refractivity contribution in [3.8, 4) is 0 Å². The van der Waals surface area contributed by atoms with E-state index in [1.165, 1.54) is 0 Å². The van der Waals surface area contributed by atoms with Gasteiger partial charge in [0.25, 0.3) is 0 Å². The highest BCUT2D eigenvalue weighted by Gasteiger charge is 2.09. The number of ether oxygens (including phenoxy) is 2. The van der Waals surface area contributed by atoms with Crippen LogP contribution in [0.15, 0.2) is 35.3 Å². The molecule has 0 saturated carbocycles. The molecule has 23 heavy (non-hydrogen) atoms. The second kappa shape index (κ2) is 14.7. The predicted octanol–water partition coefficient (Wildman–Crippen LogP) is 2.97. The van der Waals surface area contributed by atoms with Gasteiger partial charge < -0.3 is 20.1 Å². The third-order valence-electron chi connectivity index (χ3n) is 3.18. The molecule has 1 atom stereocenters. The van der Waals surface area contributed by atoms with Gasteiger partial charge in [-0.05, 0) is 25.8 Å². The van der Waals surface area contributed by atoms with Gasteiger partial charge in [-0.25, -0.2) is 0 Å². The molecule has 5 nitrogen and oxygen atoms in total. The molecule has 1 aromatic carbocycles. The first-order valence-corrected chi connectivity index (χ1v) is 7.99. The molecule has 1 rings (SSSR count). The zero-order valence-electron chi connectivity index (χ0n) is 14.4. The van der Waals surface area contributed by atoms with Crippen molar-refractivity contribution in [2.24, 2.45) is 4.99 Å². The van der Waals surface area contributed by atoms with Crippen molar-refractivity contribution in [1.29, 1.82) is 0 Å². The molecule has 0 spiro atoms.